The van der Waals surface area contributed by atoms with Crippen molar-refractivity contribution in [2.75, 3.05) is 66.1 Å². The Labute approximate surface area is 190 Å². The van der Waals surface area contributed by atoms with E-state index >= 15 is 0 Å². The fraction of sp³-hybridized carbons (Fsp3) is 0.696. The van der Waals surface area contributed by atoms with Gasteiger partial charge in [0.2, 0.25) is 0 Å². The zero-order valence-electron chi connectivity index (χ0n) is 19.3. The van der Waals surface area contributed by atoms with Crippen LogP contribution in [0.4, 0.5) is 0 Å². The van der Waals surface area contributed by atoms with Gasteiger partial charge in [-0.1, -0.05) is 32.8 Å². The van der Waals surface area contributed by atoms with Crippen LogP contribution < -0.4 is 0 Å². The van der Waals surface area contributed by atoms with Gasteiger partial charge in [0.05, 0.1) is 39.6 Å². The molecule has 0 bridgehead atoms. The summed E-state index contributed by atoms with van der Waals surface area (Å²) < 4.78 is 31.7. The monoisotopic (exact) mass is 455 g/mol. The first-order valence-corrected chi connectivity index (χ1v) is 11.3. The molecule has 1 aromatic rings. The summed E-state index contributed by atoms with van der Waals surface area (Å²) in [6.07, 6.45) is 4.24. The minimum absolute atomic E-state index is 0.0304. The molecule has 0 N–H and O–H groups in total. The third kappa shape index (κ3) is 14.1. The van der Waals surface area contributed by atoms with Gasteiger partial charge in [0.15, 0.2) is 0 Å². The number of carbonyl (C=O) groups excluding carboxylic acids is 2. The van der Waals surface area contributed by atoms with Crippen LogP contribution in [0.3, 0.4) is 0 Å². The summed E-state index contributed by atoms with van der Waals surface area (Å²) in [6.45, 7) is 8.24. The zero-order chi connectivity index (χ0) is 23.3. The van der Waals surface area contributed by atoms with E-state index in [1.54, 1.807) is 6.07 Å². The van der Waals surface area contributed by atoms with E-state index in [2.05, 4.69) is 18.8 Å². The molecule has 32 heavy (non-hydrogen) atoms. The molecule has 0 unspecified atom stereocenters. The van der Waals surface area contributed by atoms with Crippen molar-refractivity contribution in [3.05, 3.63) is 29.6 Å². The SMILES string of the molecule is CCCCOCCOCCOC(=O)c1cccc(C(=O)OCCOCCOCCCC)n1. The second-order valence-electron chi connectivity index (χ2n) is 6.84. The molecule has 0 amide bonds. The maximum Gasteiger partial charge on any atom is 0.357 e. The molecule has 182 valence electrons. The minimum Gasteiger partial charge on any atom is -0.459 e. The highest BCUT2D eigenvalue weighted by Gasteiger charge is 2.14. The third-order valence-electron chi connectivity index (χ3n) is 4.12. The second kappa shape index (κ2) is 19.6. The Morgan fingerprint density at radius 3 is 1.41 bits per heavy atom. The number of ether oxygens (including phenoxy) is 6. The van der Waals surface area contributed by atoms with Crippen LogP contribution >= 0.6 is 0 Å². The quantitative estimate of drug-likeness (QED) is 0.217. The average molecular weight is 456 g/mol. The van der Waals surface area contributed by atoms with Crippen molar-refractivity contribution in [3.8, 4) is 0 Å². The predicted octanol–water partition coefficient (Wildman–Crippen LogP) is 3.06. The lowest BCUT2D eigenvalue weighted by atomic mass is 10.3. The van der Waals surface area contributed by atoms with Crippen LogP contribution in [0.1, 0.15) is 60.5 Å². The number of hydrogen-bond acceptors (Lipinski definition) is 9. The normalized spacial score (nSPS) is 10.8. The Morgan fingerprint density at radius 1 is 0.625 bits per heavy atom. The zero-order valence-corrected chi connectivity index (χ0v) is 19.3. The third-order valence-corrected chi connectivity index (χ3v) is 4.12. The fourth-order valence-electron chi connectivity index (χ4n) is 2.33. The van der Waals surface area contributed by atoms with Gasteiger partial charge >= 0.3 is 11.9 Å². The number of carbonyl (C=O) groups is 2. The molecule has 9 nitrogen and oxygen atoms in total. The van der Waals surface area contributed by atoms with E-state index in [1.807, 2.05) is 0 Å². The van der Waals surface area contributed by atoms with Crippen LogP contribution in [0, 0.1) is 0 Å². The molecule has 9 heteroatoms. The summed E-state index contributed by atoms with van der Waals surface area (Å²) >= 11 is 0. The number of pyridine rings is 1. The van der Waals surface area contributed by atoms with Crippen molar-refractivity contribution >= 4 is 11.9 Å². The van der Waals surface area contributed by atoms with Crippen molar-refractivity contribution in [2.24, 2.45) is 0 Å². The highest BCUT2D eigenvalue weighted by atomic mass is 16.6. The van der Waals surface area contributed by atoms with Crippen molar-refractivity contribution < 1.29 is 38.0 Å². The molecule has 0 aliphatic rings. The molecule has 0 fully saturated rings. The molecule has 0 radical (unpaired) electrons. The van der Waals surface area contributed by atoms with Crippen molar-refractivity contribution in [1.29, 1.82) is 0 Å². The smallest absolute Gasteiger partial charge is 0.357 e. The maximum atomic E-state index is 12.1. The van der Waals surface area contributed by atoms with Crippen LogP contribution in [-0.4, -0.2) is 83.0 Å². The van der Waals surface area contributed by atoms with E-state index < -0.39 is 11.9 Å². The molecule has 0 aliphatic carbocycles. The lowest BCUT2D eigenvalue weighted by Gasteiger charge is -2.08. The van der Waals surface area contributed by atoms with E-state index in [1.165, 1.54) is 12.1 Å². The highest BCUT2D eigenvalue weighted by molar-refractivity contribution is 5.91. The van der Waals surface area contributed by atoms with Crippen molar-refractivity contribution in [3.63, 3.8) is 0 Å². The largest absolute Gasteiger partial charge is 0.459 e. The van der Waals surface area contributed by atoms with Crippen LogP contribution in [0.25, 0.3) is 0 Å². The molecule has 0 aliphatic heterocycles. The van der Waals surface area contributed by atoms with Gasteiger partial charge in [-0.2, -0.15) is 0 Å². The number of nitrogens with zero attached hydrogens (tertiary/aromatic N) is 1. The summed E-state index contributed by atoms with van der Waals surface area (Å²) in [6, 6.07) is 4.50. The van der Waals surface area contributed by atoms with E-state index in [0.29, 0.717) is 26.4 Å². The average Bonchev–Trinajstić information content (AvgIpc) is 2.81. The Balaban J connectivity index is 2.17. The maximum absolute atomic E-state index is 12.1. The summed E-state index contributed by atoms with van der Waals surface area (Å²) in [5, 5.41) is 0. The molecule has 1 aromatic heterocycles. The first kappa shape index (κ1) is 28.0. The lowest BCUT2D eigenvalue weighted by Crippen LogP contribution is -2.17. The van der Waals surface area contributed by atoms with Crippen molar-refractivity contribution in [1.82, 2.24) is 4.98 Å². The van der Waals surface area contributed by atoms with E-state index in [0.717, 1.165) is 38.9 Å². The molecule has 1 heterocycles. The Kier molecular flexibility index (Phi) is 17.1. The van der Waals surface area contributed by atoms with Crippen LogP contribution in [0.15, 0.2) is 18.2 Å². The van der Waals surface area contributed by atoms with Crippen LogP contribution in [0.2, 0.25) is 0 Å². The van der Waals surface area contributed by atoms with Gasteiger partial charge < -0.3 is 28.4 Å². The van der Waals surface area contributed by atoms with Gasteiger partial charge in [-0.15, -0.1) is 0 Å². The second-order valence-corrected chi connectivity index (χ2v) is 6.84. The number of aromatic nitrogens is 1. The minimum atomic E-state index is -0.631. The van der Waals surface area contributed by atoms with E-state index in [4.69, 9.17) is 28.4 Å². The summed E-state index contributed by atoms with van der Waals surface area (Å²) in [5.41, 5.74) is 0.0608. The Bertz CT molecular complexity index is 577. The number of unbranched alkanes of at least 4 members (excludes halogenated alkanes) is 2. The molecule has 0 saturated heterocycles. The molecular formula is C23H37NO8. The standard InChI is InChI=1S/C23H37NO8/c1-3-5-10-27-12-14-29-16-18-31-22(25)20-8-7-9-21(24-20)23(26)32-19-17-30-15-13-28-11-6-4-2/h7-9H,3-6,10-19H2,1-2H3. The van der Waals surface area contributed by atoms with Crippen LogP contribution in [-0.2, 0) is 28.4 Å². The summed E-state index contributed by atoms with van der Waals surface area (Å²) in [7, 11) is 0. The van der Waals surface area contributed by atoms with Gasteiger partial charge in [0, 0.05) is 13.2 Å². The van der Waals surface area contributed by atoms with Gasteiger partial charge in [-0.3, -0.25) is 0 Å². The molecule has 0 atom stereocenters. The Hall–Kier alpha value is -2.07. The van der Waals surface area contributed by atoms with Gasteiger partial charge in [0.1, 0.15) is 24.6 Å². The lowest BCUT2D eigenvalue weighted by molar-refractivity contribution is 0.0135. The van der Waals surface area contributed by atoms with E-state index in [9.17, 15) is 9.59 Å². The summed E-state index contributed by atoms with van der Waals surface area (Å²) in [5.74, 6) is -1.26. The molecule has 0 spiro atoms. The molecule has 0 saturated carbocycles. The molecular weight excluding hydrogens is 418 g/mol. The molecule has 1 rings (SSSR count). The van der Waals surface area contributed by atoms with Crippen molar-refractivity contribution in [2.45, 2.75) is 39.5 Å². The van der Waals surface area contributed by atoms with Gasteiger partial charge in [0.25, 0.3) is 0 Å². The first-order valence-electron chi connectivity index (χ1n) is 11.3. The highest BCUT2D eigenvalue weighted by Crippen LogP contribution is 2.04. The van der Waals surface area contributed by atoms with Crippen LogP contribution in [0.5, 0.6) is 0 Å². The van der Waals surface area contributed by atoms with Gasteiger partial charge in [-0.05, 0) is 25.0 Å². The summed E-state index contributed by atoms with van der Waals surface area (Å²) in [4.78, 5) is 28.2. The molecule has 0 aromatic carbocycles. The number of esters is 2. The van der Waals surface area contributed by atoms with E-state index in [-0.39, 0.29) is 37.8 Å². The Morgan fingerprint density at radius 2 is 1.00 bits per heavy atom. The fourth-order valence-corrected chi connectivity index (χ4v) is 2.33. The number of hydrogen-bond donors (Lipinski definition) is 0. The topological polar surface area (TPSA) is 102 Å². The number of rotatable bonds is 20. The first-order chi connectivity index (χ1) is 15.7. The van der Waals surface area contributed by atoms with Gasteiger partial charge in [-0.25, -0.2) is 14.6 Å². The predicted molar refractivity (Wildman–Crippen MR) is 118 cm³/mol.